The Morgan fingerprint density at radius 3 is 2.25 bits per heavy atom. The molecule has 0 saturated carbocycles. The van der Waals surface area contributed by atoms with Crippen LogP contribution < -0.4 is 0 Å². The lowest BCUT2D eigenvalue weighted by molar-refractivity contribution is -0.870. The first-order valence-electron chi connectivity index (χ1n) is 9.70. The van der Waals surface area contributed by atoms with Gasteiger partial charge in [-0.25, -0.2) is 4.57 Å². The second kappa shape index (κ2) is 14.1. The third kappa shape index (κ3) is 17.1. The predicted octanol–water partition coefficient (Wildman–Crippen LogP) is 2.66. The standard InChI is InChI=1S/C18H36NO8P/c1-6-7-8-9-10-11-18(21)27-17(14-24-16(2)20)15-26-28(22,23)25-13-12-19(3,4)5/h17H,6-15H2,1-5H3/p+1/t17-/m1/s1. The zero-order valence-electron chi connectivity index (χ0n) is 17.8. The fourth-order valence-corrected chi connectivity index (χ4v) is 2.83. The molecule has 10 heteroatoms. The van der Waals surface area contributed by atoms with Crippen LogP contribution in [-0.4, -0.2) is 74.9 Å². The predicted molar refractivity (Wildman–Crippen MR) is 105 cm³/mol. The van der Waals surface area contributed by atoms with Crippen LogP contribution in [0.5, 0.6) is 0 Å². The molecule has 1 N–H and O–H groups in total. The van der Waals surface area contributed by atoms with Crippen molar-refractivity contribution in [3.8, 4) is 0 Å². The Hall–Kier alpha value is -0.990. The highest BCUT2D eigenvalue weighted by Gasteiger charge is 2.26. The molecule has 0 aliphatic carbocycles. The molecule has 166 valence electrons. The van der Waals surface area contributed by atoms with Crippen molar-refractivity contribution in [3.63, 3.8) is 0 Å². The quantitative estimate of drug-likeness (QED) is 0.174. The van der Waals surface area contributed by atoms with Gasteiger partial charge >= 0.3 is 19.8 Å². The molecule has 0 aromatic carbocycles. The first-order valence-corrected chi connectivity index (χ1v) is 11.2. The molecule has 9 nitrogen and oxygen atoms in total. The number of carbonyl (C=O) groups is 2. The zero-order chi connectivity index (χ0) is 21.6. The van der Waals surface area contributed by atoms with Crippen LogP contribution in [0.1, 0.15) is 52.4 Å². The summed E-state index contributed by atoms with van der Waals surface area (Å²) in [4.78, 5) is 32.7. The molecule has 0 heterocycles. The third-order valence-electron chi connectivity index (χ3n) is 3.70. The van der Waals surface area contributed by atoms with Gasteiger partial charge < -0.3 is 18.9 Å². The Balaban J connectivity index is 4.44. The molecule has 0 spiro atoms. The van der Waals surface area contributed by atoms with E-state index < -0.39 is 32.5 Å². The number of rotatable bonds is 16. The number of phosphoric acid groups is 1. The van der Waals surface area contributed by atoms with Crippen molar-refractivity contribution in [3.05, 3.63) is 0 Å². The SMILES string of the molecule is CCCCCCCC(=O)O[C@H](COC(C)=O)COP(=O)(O)OCC[N+](C)(C)C. The molecule has 0 radical (unpaired) electrons. The monoisotopic (exact) mass is 426 g/mol. The molecule has 0 amide bonds. The Morgan fingerprint density at radius 2 is 1.68 bits per heavy atom. The number of unbranched alkanes of at least 4 members (excludes halogenated alkanes) is 4. The minimum Gasteiger partial charge on any atom is -0.462 e. The molecule has 0 fully saturated rings. The molecule has 28 heavy (non-hydrogen) atoms. The number of carbonyl (C=O) groups excluding carboxylic acids is 2. The van der Waals surface area contributed by atoms with E-state index in [1.165, 1.54) is 6.92 Å². The van der Waals surface area contributed by atoms with E-state index in [1.54, 1.807) is 0 Å². The minimum atomic E-state index is -4.30. The molecule has 1 unspecified atom stereocenters. The third-order valence-corrected chi connectivity index (χ3v) is 4.68. The van der Waals surface area contributed by atoms with Gasteiger partial charge in [0.1, 0.15) is 19.8 Å². The van der Waals surface area contributed by atoms with Gasteiger partial charge in [-0.3, -0.25) is 18.6 Å². The molecular formula is C18H37NO8P+. The smallest absolute Gasteiger partial charge is 0.462 e. The molecule has 2 atom stereocenters. The van der Waals surface area contributed by atoms with E-state index >= 15 is 0 Å². The van der Waals surface area contributed by atoms with Crippen LogP contribution in [0.4, 0.5) is 0 Å². The lowest BCUT2D eigenvalue weighted by Crippen LogP contribution is -2.37. The summed E-state index contributed by atoms with van der Waals surface area (Å²) in [6, 6.07) is 0. The van der Waals surface area contributed by atoms with E-state index in [2.05, 4.69) is 6.92 Å². The van der Waals surface area contributed by atoms with E-state index in [0.29, 0.717) is 17.4 Å². The number of hydrogen-bond acceptors (Lipinski definition) is 7. The first-order chi connectivity index (χ1) is 12.9. The van der Waals surface area contributed by atoms with Crippen LogP contribution in [0, 0.1) is 0 Å². The fourth-order valence-electron chi connectivity index (χ4n) is 2.09. The number of esters is 2. The largest absolute Gasteiger partial charge is 0.472 e. The van der Waals surface area contributed by atoms with E-state index in [9.17, 15) is 19.0 Å². The number of phosphoric ester groups is 1. The van der Waals surface area contributed by atoms with Crippen molar-refractivity contribution in [1.29, 1.82) is 0 Å². The highest BCUT2D eigenvalue weighted by Crippen LogP contribution is 2.43. The van der Waals surface area contributed by atoms with Gasteiger partial charge in [-0.05, 0) is 6.42 Å². The summed E-state index contributed by atoms with van der Waals surface area (Å²) in [5, 5.41) is 0. The molecular weight excluding hydrogens is 389 g/mol. The van der Waals surface area contributed by atoms with E-state index in [0.717, 1.165) is 25.7 Å². The van der Waals surface area contributed by atoms with Crippen LogP contribution in [0.15, 0.2) is 0 Å². The fraction of sp³-hybridized carbons (Fsp3) is 0.889. The average molecular weight is 426 g/mol. The van der Waals surface area contributed by atoms with Crippen molar-refractivity contribution >= 4 is 19.8 Å². The van der Waals surface area contributed by atoms with Crippen molar-refractivity contribution in [2.45, 2.75) is 58.5 Å². The minimum absolute atomic E-state index is 0.0312. The maximum Gasteiger partial charge on any atom is 0.472 e. The Bertz CT molecular complexity index is 506. The van der Waals surface area contributed by atoms with Crippen LogP contribution in [-0.2, 0) is 32.7 Å². The normalized spacial score (nSPS) is 14.9. The maximum atomic E-state index is 12.0. The number of quaternary nitrogens is 1. The van der Waals surface area contributed by atoms with Crippen molar-refractivity contribution in [2.75, 3.05) is 47.5 Å². The van der Waals surface area contributed by atoms with Crippen LogP contribution >= 0.6 is 7.82 Å². The molecule has 0 aliphatic rings. The van der Waals surface area contributed by atoms with E-state index in [4.69, 9.17) is 18.5 Å². The highest BCUT2D eigenvalue weighted by atomic mass is 31.2. The van der Waals surface area contributed by atoms with Gasteiger partial charge in [0, 0.05) is 13.3 Å². The number of nitrogens with zero attached hydrogens (tertiary/aromatic N) is 1. The molecule has 0 bridgehead atoms. The zero-order valence-corrected chi connectivity index (χ0v) is 18.7. The van der Waals surface area contributed by atoms with Gasteiger partial charge in [0.15, 0.2) is 6.10 Å². The molecule has 0 rings (SSSR count). The number of ether oxygens (including phenoxy) is 2. The summed E-state index contributed by atoms with van der Waals surface area (Å²) < 4.78 is 32.4. The van der Waals surface area contributed by atoms with Gasteiger partial charge in [-0.1, -0.05) is 32.6 Å². The molecule has 0 aliphatic heterocycles. The maximum absolute atomic E-state index is 12.0. The van der Waals surface area contributed by atoms with Crippen LogP contribution in [0.25, 0.3) is 0 Å². The molecule has 0 aromatic rings. The summed E-state index contributed by atoms with van der Waals surface area (Å²) >= 11 is 0. The van der Waals surface area contributed by atoms with Gasteiger partial charge in [0.05, 0.1) is 27.7 Å². The lowest BCUT2D eigenvalue weighted by atomic mass is 10.1. The average Bonchev–Trinajstić information content (AvgIpc) is 2.55. The molecule has 0 saturated heterocycles. The Morgan fingerprint density at radius 1 is 1.04 bits per heavy atom. The highest BCUT2D eigenvalue weighted by molar-refractivity contribution is 7.47. The van der Waals surface area contributed by atoms with Gasteiger partial charge in [-0.2, -0.15) is 0 Å². The number of hydrogen-bond donors (Lipinski definition) is 1. The second-order valence-electron chi connectivity index (χ2n) is 7.69. The van der Waals surface area contributed by atoms with Crippen molar-refractivity contribution in [2.24, 2.45) is 0 Å². The summed E-state index contributed by atoms with van der Waals surface area (Å²) in [5.41, 5.74) is 0. The summed E-state index contributed by atoms with van der Waals surface area (Å²) in [7, 11) is 1.46. The molecule has 0 aromatic heterocycles. The van der Waals surface area contributed by atoms with Gasteiger partial charge in [0.25, 0.3) is 0 Å². The second-order valence-corrected chi connectivity index (χ2v) is 9.14. The van der Waals surface area contributed by atoms with Crippen molar-refractivity contribution < 1.29 is 42.1 Å². The van der Waals surface area contributed by atoms with Gasteiger partial charge in [0.2, 0.25) is 0 Å². The van der Waals surface area contributed by atoms with Crippen LogP contribution in [0.2, 0.25) is 0 Å². The topological polar surface area (TPSA) is 108 Å². The van der Waals surface area contributed by atoms with Gasteiger partial charge in [-0.15, -0.1) is 0 Å². The first kappa shape index (κ1) is 27.0. The summed E-state index contributed by atoms with van der Waals surface area (Å²) in [6.07, 6.45) is 4.18. The van der Waals surface area contributed by atoms with Crippen LogP contribution in [0.3, 0.4) is 0 Å². The Kier molecular flexibility index (Phi) is 13.6. The van der Waals surface area contributed by atoms with Crippen molar-refractivity contribution in [1.82, 2.24) is 0 Å². The van der Waals surface area contributed by atoms with E-state index in [-0.39, 0.29) is 19.6 Å². The lowest BCUT2D eigenvalue weighted by Gasteiger charge is -2.24. The summed E-state index contributed by atoms with van der Waals surface area (Å²) in [5.74, 6) is -1.01. The Labute approximate surface area is 168 Å². The number of likely N-dealkylation sites (N-methyl/N-ethyl adjacent to an activating group) is 1. The summed E-state index contributed by atoms with van der Waals surface area (Å²) in [6.45, 7) is 3.21. The van der Waals surface area contributed by atoms with E-state index in [1.807, 2.05) is 21.1 Å².